The van der Waals surface area contributed by atoms with Crippen LogP contribution in [-0.2, 0) is 0 Å². The van der Waals surface area contributed by atoms with Crippen molar-refractivity contribution in [1.29, 1.82) is 0 Å². The number of amides is 1. The van der Waals surface area contributed by atoms with Crippen molar-refractivity contribution < 1.29 is 9.90 Å². The van der Waals surface area contributed by atoms with Crippen molar-refractivity contribution in [2.75, 3.05) is 5.32 Å². The number of hydrogen-bond acceptors (Lipinski definition) is 3. The first kappa shape index (κ1) is 16.1. The predicted octanol–water partition coefficient (Wildman–Crippen LogP) is 4.27. The number of aromatic hydroxyl groups is 1. The summed E-state index contributed by atoms with van der Waals surface area (Å²) in [5.74, 6) is -0.546. The van der Waals surface area contributed by atoms with E-state index in [1.807, 2.05) is 6.07 Å². The molecule has 2 N–H and O–H groups in total. The van der Waals surface area contributed by atoms with Gasteiger partial charge in [0, 0.05) is 22.3 Å². The maximum absolute atomic E-state index is 12.2. The lowest BCUT2D eigenvalue weighted by Crippen LogP contribution is -2.12. The van der Waals surface area contributed by atoms with Gasteiger partial charge in [0.05, 0.1) is 5.56 Å². The molecule has 4 nitrogen and oxygen atoms in total. The molecule has 2 aromatic carbocycles. The number of phenolic OH excluding ortho intramolecular Hbond substituents is 1. The monoisotopic (exact) mass is 334 g/mol. The lowest BCUT2D eigenvalue weighted by molar-refractivity contribution is 0.102. The fraction of sp³-hybridized carbons (Fsp3) is 0. The predicted molar refractivity (Wildman–Crippen MR) is 90.1 cm³/mol. The van der Waals surface area contributed by atoms with Crippen molar-refractivity contribution in [1.82, 2.24) is 4.98 Å². The molecular formula is C16H12Cl2N2O2. The highest BCUT2D eigenvalue weighted by molar-refractivity contribution is 6.31. The third-order valence-corrected chi connectivity index (χ3v) is 3.31. The Labute approximate surface area is 138 Å². The Morgan fingerprint density at radius 1 is 1.14 bits per heavy atom. The Kier molecular flexibility index (Phi) is 4.85. The van der Waals surface area contributed by atoms with Gasteiger partial charge in [-0.15, -0.1) is 12.4 Å². The van der Waals surface area contributed by atoms with Crippen LogP contribution < -0.4 is 5.32 Å². The Morgan fingerprint density at radius 3 is 2.73 bits per heavy atom. The molecule has 0 bridgehead atoms. The first-order chi connectivity index (χ1) is 10.1. The number of rotatable bonds is 2. The van der Waals surface area contributed by atoms with E-state index in [-0.39, 0.29) is 23.7 Å². The quantitative estimate of drug-likeness (QED) is 0.735. The molecule has 0 fully saturated rings. The number of carbonyl (C=O) groups is 1. The summed E-state index contributed by atoms with van der Waals surface area (Å²) in [6.45, 7) is 0. The van der Waals surface area contributed by atoms with E-state index < -0.39 is 5.91 Å². The van der Waals surface area contributed by atoms with Crippen LogP contribution in [0.25, 0.3) is 10.9 Å². The normalized spacial score (nSPS) is 10.0. The van der Waals surface area contributed by atoms with Gasteiger partial charge in [0.15, 0.2) is 5.75 Å². The van der Waals surface area contributed by atoms with Crippen LogP contribution in [0.4, 0.5) is 5.69 Å². The van der Waals surface area contributed by atoms with Gasteiger partial charge in [-0.2, -0.15) is 0 Å². The molecular weight excluding hydrogens is 323 g/mol. The largest absolute Gasteiger partial charge is 0.505 e. The van der Waals surface area contributed by atoms with Gasteiger partial charge in [0.1, 0.15) is 5.52 Å². The third-order valence-electron chi connectivity index (χ3n) is 3.08. The Hall–Kier alpha value is -2.30. The Balaban J connectivity index is 0.00000176. The maximum atomic E-state index is 12.2. The zero-order valence-electron chi connectivity index (χ0n) is 11.3. The zero-order chi connectivity index (χ0) is 14.8. The molecule has 0 radical (unpaired) electrons. The first-order valence-corrected chi connectivity index (χ1v) is 6.66. The van der Waals surface area contributed by atoms with E-state index >= 15 is 0 Å². The number of benzene rings is 2. The fourth-order valence-electron chi connectivity index (χ4n) is 2.08. The number of pyridine rings is 1. The zero-order valence-corrected chi connectivity index (χ0v) is 12.9. The summed E-state index contributed by atoms with van der Waals surface area (Å²) in [7, 11) is 0. The molecule has 0 aliphatic rings. The molecule has 112 valence electrons. The van der Waals surface area contributed by atoms with E-state index in [0.717, 1.165) is 5.39 Å². The highest BCUT2D eigenvalue weighted by Crippen LogP contribution is 2.27. The number of anilines is 1. The fourth-order valence-corrected chi connectivity index (χ4v) is 2.27. The number of nitrogens with zero attached hydrogens (tertiary/aromatic N) is 1. The average molecular weight is 335 g/mol. The third kappa shape index (κ3) is 3.13. The SMILES string of the molecule is Cl.O=C(Nc1cccc(Cl)c1)c1ccc2cccnc2c1O. The minimum atomic E-state index is -0.415. The van der Waals surface area contributed by atoms with Gasteiger partial charge in [-0.05, 0) is 30.3 Å². The van der Waals surface area contributed by atoms with Gasteiger partial charge in [-0.3, -0.25) is 9.78 Å². The molecule has 0 aliphatic carbocycles. The standard InChI is InChI=1S/C16H11ClN2O2.ClH/c17-11-4-1-5-12(9-11)19-16(21)13-7-6-10-3-2-8-18-14(10)15(13)20;/h1-9,20H,(H,19,21);1H. The van der Waals surface area contributed by atoms with Gasteiger partial charge in [-0.25, -0.2) is 0 Å². The van der Waals surface area contributed by atoms with E-state index in [1.165, 1.54) is 0 Å². The highest BCUT2D eigenvalue weighted by Gasteiger charge is 2.14. The highest BCUT2D eigenvalue weighted by atomic mass is 35.5. The second-order valence-corrected chi connectivity index (χ2v) is 4.94. The number of hydrogen-bond donors (Lipinski definition) is 2. The molecule has 22 heavy (non-hydrogen) atoms. The minimum absolute atomic E-state index is 0. The molecule has 1 amide bonds. The first-order valence-electron chi connectivity index (χ1n) is 6.29. The molecule has 0 saturated heterocycles. The molecule has 0 spiro atoms. The van der Waals surface area contributed by atoms with Gasteiger partial charge >= 0.3 is 0 Å². The van der Waals surface area contributed by atoms with Crippen LogP contribution in [0.15, 0.2) is 54.7 Å². The number of nitrogens with one attached hydrogen (secondary N) is 1. The van der Waals surface area contributed by atoms with Crippen LogP contribution in [0.1, 0.15) is 10.4 Å². The van der Waals surface area contributed by atoms with Crippen LogP contribution in [-0.4, -0.2) is 16.0 Å². The van der Waals surface area contributed by atoms with Crippen LogP contribution in [0, 0.1) is 0 Å². The second-order valence-electron chi connectivity index (χ2n) is 4.50. The molecule has 6 heteroatoms. The summed E-state index contributed by atoms with van der Waals surface area (Å²) in [4.78, 5) is 16.3. The smallest absolute Gasteiger partial charge is 0.259 e. The van der Waals surface area contributed by atoms with E-state index in [2.05, 4.69) is 10.3 Å². The van der Waals surface area contributed by atoms with E-state index in [9.17, 15) is 9.90 Å². The van der Waals surface area contributed by atoms with Gasteiger partial charge in [0.25, 0.3) is 5.91 Å². The molecule has 3 rings (SSSR count). The maximum Gasteiger partial charge on any atom is 0.259 e. The summed E-state index contributed by atoms with van der Waals surface area (Å²) in [5, 5.41) is 14.2. The van der Waals surface area contributed by atoms with Crippen molar-refractivity contribution in [3.63, 3.8) is 0 Å². The van der Waals surface area contributed by atoms with Crippen molar-refractivity contribution in [3.05, 3.63) is 65.3 Å². The molecule has 0 unspecified atom stereocenters. The topological polar surface area (TPSA) is 62.2 Å². The number of phenols is 1. The molecule has 3 aromatic rings. The van der Waals surface area contributed by atoms with Crippen LogP contribution >= 0.6 is 24.0 Å². The van der Waals surface area contributed by atoms with Crippen molar-refractivity contribution in [2.24, 2.45) is 0 Å². The van der Waals surface area contributed by atoms with Gasteiger partial charge in [-0.1, -0.05) is 29.8 Å². The van der Waals surface area contributed by atoms with Gasteiger partial charge < -0.3 is 10.4 Å². The Morgan fingerprint density at radius 2 is 1.95 bits per heavy atom. The average Bonchev–Trinajstić information content (AvgIpc) is 2.48. The second kappa shape index (κ2) is 6.64. The summed E-state index contributed by atoms with van der Waals surface area (Å²) in [6, 6.07) is 13.7. The van der Waals surface area contributed by atoms with Crippen LogP contribution in [0.2, 0.25) is 5.02 Å². The van der Waals surface area contributed by atoms with Gasteiger partial charge in [0.2, 0.25) is 0 Å². The summed E-state index contributed by atoms with van der Waals surface area (Å²) in [6.07, 6.45) is 1.57. The van der Waals surface area contributed by atoms with E-state index in [4.69, 9.17) is 11.6 Å². The molecule has 0 atom stereocenters. The van der Waals surface area contributed by atoms with Crippen molar-refractivity contribution in [2.45, 2.75) is 0 Å². The summed E-state index contributed by atoms with van der Waals surface area (Å²) in [5.41, 5.74) is 1.13. The lowest BCUT2D eigenvalue weighted by Gasteiger charge is -2.08. The number of aromatic nitrogens is 1. The summed E-state index contributed by atoms with van der Waals surface area (Å²) < 4.78 is 0. The van der Waals surface area contributed by atoms with Crippen molar-refractivity contribution in [3.8, 4) is 5.75 Å². The number of fused-ring (bicyclic) bond motifs is 1. The number of carbonyl (C=O) groups excluding carboxylic acids is 1. The van der Waals surface area contributed by atoms with Crippen LogP contribution in [0.5, 0.6) is 5.75 Å². The van der Waals surface area contributed by atoms with Crippen molar-refractivity contribution >= 4 is 46.5 Å². The molecule has 1 aromatic heterocycles. The molecule has 1 heterocycles. The minimum Gasteiger partial charge on any atom is -0.505 e. The molecule has 0 saturated carbocycles. The molecule has 0 aliphatic heterocycles. The lowest BCUT2D eigenvalue weighted by atomic mass is 10.1. The van der Waals surface area contributed by atoms with E-state index in [1.54, 1.807) is 48.7 Å². The van der Waals surface area contributed by atoms with E-state index in [0.29, 0.717) is 16.2 Å². The summed E-state index contributed by atoms with van der Waals surface area (Å²) >= 11 is 5.87. The number of halogens is 2. The Bertz CT molecular complexity index is 837. The van der Waals surface area contributed by atoms with Crippen LogP contribution in [0.3, 0.4) is 0 Å².